The second-order valence-corrected chi connectivity index (χ2v) is 2.21. The summed E-state index contributed by atoms with van der Waals surface area (Å²) in [6, 6.07) is 5.51. The van der Waals surface area contributed by atoms with Crippen molar-refractivity contribution in [3.05, 3.63) is 30.6 Å². The summed E-state index contributed by atoms with van der Waals surface area (Å²) >= 11 is 0. The largest absolute Gasteiger partial charge is 0.397 e. The van der Waals surface area contributed by atoms with Crippen LogP contribution in [0.15, 0.2) is 24.4 Å². The summed E-state index contributed by atoms with van der Waals surface area (Å²) in [5.41, 5.74) is 7.82. The molecule has 0 spiro atoms. The minimum atomic E-state index is 0.656. The Morgan fingerprint density at radius 2 is 2.27 bits per heavy atom. The molecule has 3 nitrogen and oxygen atoms in total. The normalized spacial score (nSPS) is 10.2. The van der Waals surface area contributed by atoms with Gasteiger partial charge < -0.3 is 5.73 Å². The maximum absolute atomic E-state index is 5.64. The van der Waals surface area contributed by atoms with Gasteiger partial charge in [0.25, 0.3) is 0 Å². The van der Waals surface area contributed by atoms with E-state index in [0.29, 0.717) is 5.69 Å². The predicted molar refractivity (Wildman–Crippen MR) is 42.8 cm³/mol. The van der Waals surface area contributed by atoms with Crippen LogP contribution >= 0.6 is 0 Å². The summed E-state index contributed by atoms with van der Waals surface area (Å²) in [4.78, 5) is 8.01. The minimum absolute atomic E-state index is 0.656. The van der Waals surface area contributed by atoms with Crippen molar-refractivity contribution in [2.45, 2.75) is 0 Å². The Balaban J connectivity index is 2.91. The summed E-state index contributed by atoms with van der Waals surface area (Å²) in [5.74, 6) is 0. The summed E-state index contributed by atoms with van der Waals surface area (Å²) < 4.78 is 0. The molecule has 0 unspecified atom stereocenters. The molecule has 0 aliphatic heterocycles. The molecule has 0 saturated carbocycles. The van der Waals surface area contributed by atoms with Crippen LogP contribution in [0.4, 0.5) is 5.69 Å². The summed E-state index contributed by atoms with van der Waals surface area (Å²) in [7, 11) is 0. The third kappa shape index (κ3) is 0.902. The molecule has 2 N–H and O–H groups in total. The number of aromatic nitrogens is 2. The Kier molecular flexibility index (Phi) is 1.22. The van der Waals surface area contributed by atoms with Crippen molar-refractivity contribution in [1.82, 2.24) is 9.97 Å². The molecule has 1 radical (unpaired) electrons. The fourth-order valence-corrected chi connectivity index (χ4v) is 0.971. The van der Waals surface area contributed by atoms with E-state index in [1.54, 1.807) is 6.07 Å². The molecule has 3 heteroatoms. The number of nitrogen functional groups attached to an aromatic ring is 1. The summed E-state index contributed by atoms with van der Waals surface area (Å²) in [6.45, 7) is 0. The van der Waals surface area contributed by atoms with Gasteiger partial charge in [-0.15, -0.1) is 0 Å². The zero-order valence-electron chi connectivity index (χ0n) is 5.78. The highest BCUT2D eigenvalue weighted by Crippen LogP contribution is 2.14. The molecule has 0 aliphatic carbocycles. The topological polar surface area (TPSA) is 51.8 Å². The van der Waals surface area contributed by atoms with Crippen molar-refractivity contribution >= 4 is 16.7 Å². The molecule has 2 rings (SSSR count). The molecule has 0 fully saturated rings. The van der Waals surface area contributed by atoms with E-state index in [9.17, 15) is 0 Å². The molecule has 1 aromatic heterocycles. The molecule has 1 heterocycles. The molecular weight excluding hydrogens is 138 g/mol. The first-order valence-corrected chi connectivity index (χ1v) is 3.25. The van der Waals surface area contributed by atoms with Crippen molar-refractivity contribution in [3.63, 3.8) is 0 Å². The van der Waals surface area contributed by atoms with Crippen LogP contribution in [0.2, 0.25) is 0 Å². The third-order valence-corrected chi connectivity index (χ3v) is 1.48. The number of nitrogens with two attached hydrogens (primary N) is 1. The average molecular weight is 144 g/mol. The van der Waals surface area contributed by atoms with E-state index in [-0.39, 0.29) is 0 Å². The van der Waals surface area contributed by atoms with Crippen molar-refractivity contribution in [1.29, 1.82) is 0 Å². The van der Waals surface area contributed by atoms with Gasteiger partial charge in [-0.05, 0) is 12.1 Å². The number of benzene rings is 1. The van der Waals surface area contributed by atoms with E-state index in [4.69, 9.17) is 5.73 Å². The Morgan fingerprint density at radius 1 is 1.36 bits per heavy atom. The molecule has 2 aromatic rings. The van der Waals surface area contributed by atoms with Crippen molar-refractivity contribution in [3.8, 4) is 0 Å². The van der Waals surface area contributed by atoms with Gasteiger partial charge in [-0.3, -0.25) is 4.98 Å². The lowest BCUT2D eigenvalue weighted by Gasteiger charge is -1.96. The predicted octanol–water partition coefficient (Wildman–Crippen LogP) is 1.01. The molecule has 0 atom stereocenters. The van der Waals surface area contributed by atoms with Gasteiger partial charge in [0, 0.05) is 0 Å². The molecule has 53 valence electrons. The van der Waals surface area contributed by atoms with Crippen LogP contribution in [0.5, 0.6) is 0 Å². The minimum Gasteiger partial charge on any atom is -0.397 e. The van der Waals surface area contributed by atoms with E-state index in [2.05, 4.69) is 16.2 Å². The number of nitrogens with zero attached hydrogens (tertiary/aromatic N) is 2. The van der Waals surface area contributed by atoms with Crippen LogP contribution in [-0.4, -0.2) is 9.97 Å². The second-order valence-electron chi connectivity index (χ2n) is 2.21. The van der Waals surface area contributed by atoms with Crippen molar-refractivity contribution in [2.75, 3.05) is 5.73 Å². The smallest absolute Gasteiger partial charge is 0.112 e. The van der Waals surface area contributed by atoms with E-state index in [1.165, 1.54) is 6.20 Å². The zero-order chi connectivity index (χ0) is 7.68. The van der Waals surface area contributed by atoms with Gasteiger partial charge >= 0.3 is 0 Å². The Morgan fingerprint density at radius 3 is 3.09 bits per heavy atom. The molecule has 0 saturated heterocycles. The van der Waals surface area contributed by atoms with Crippen molar-refractivity contribution < 1.29 is 0 Å². The van der Waals surface area contributed by atoms with E-state index >= 15 is 0 Å². The van der Waals surface area contributed by atoms with E-state index in [1.807, 2.05) is 12.1 Å². The molecule has 0 aliphatic rings. The average Bonchev–Trinajstić information content (AvgIpc) is 2.06. The fraction of sp³-hybridized carbons (Fsp3) is 0. The third-order valence-electron chi connectivity index (χ3n) is 1.48. The highest BCUT2D eigenvalue weighted by molar-refractivity contribution is 5.85. The van der Waals surface area contributed by atoms with E-state index in [0.717, 1.165) is 11.0 Å². The number of hydrogen-bond donors (Lipinski definition) is 1. The number of para-hydroxylation sites is 1. The van der Waals surface area contributed by atoms with Gasteiger partial charge in [-0.2, -0.15) is 0 Å². The van der Waals surface area contributed by atoms with Gasteiger partial charge in [0.2, 0.25) is 0 Å². The van der Waals surface area contributed by atoms with Crippen LogP contribution in [0.25, 0.3) is 11.0 Å². The van der Waals surface area contributed by atoms with Gasteiger partial charge in [0.05, 0.1) is 17.4 Å². The van der Waals surface area contributed by atoms with Crippen LogP contribution in [0.1, 0.15) is 0 Å². The molecule has 0 bridgehead atoms. The molecule has 11 heavy (non-hydrogen) atoms. The Hall–Kier alpha value is -1.64. The lowest BCUT2D eigenvalue weighted by atomic mass is 10.2. The zero-order valence-corrected chi connectivity index (χ0v) is 5.78. The molecule has 1 aromatic carbocycles. The van der Waals surface area contributed by atoms with Gasteiger partial charge in [0.15, 0.2) is 0 Å². The van der Waals surface area contributed by atoms with Crippen LogP contribution < -0.4 is 5.73 Å². The first-order chi connectivity index (χ1) is 5.38. The fourth-order valence-electron chi connectivity index (χ4n) is 0.971. The lowest BCUT2D eigenvalue weighted by molar-refractivity contribution is 1.28. The van der Waals surface area contributed by atoms with Crippen LogP contribution in [0, 0.1) is 6.20 Å². The lowest BCUT2D eigenvalue weighted by Crippen LogP contribution is -1.89. The number of hydrogen-bond acceptors (Lipinski definition) is 3. The maximum Gasteiger partial charge on any atom is 0.112 e. The van der Waals surface area contributed by atoms with Crippen molar-refractivity contribution in [2.24, 2.45) is 0 Å². The number of rotatable bonds is 0. The SMILES string of the molecule is Nc1cccc2n[c]cnc12. The van der Waals surface area contributed by atoms with Gasteiger partial charge in [-0.25, -0.2) is 4.98 Å². The van der Waals surface area contributed by atoms with Gasteiger partial charge in [-0.1, -0.05) is 6.07 Å². The quantitative estimate of drug-likeness (QED) is 0.561. The summed E-state index contributed by atoms with van der Waals surface area (Å²) in [5, 5.41) is 0. The molecular formula is C8H6N3. The Labute approximate surface area is 63.9 Å². The Bertz CT molecular complexity index is 378. The van der Waals surface area contributed by atoms with Gasteiger partial charge in [0.1, 0.15) is 11.7 Å². The monoisotopic (exact) mass is 144 g/mol. The van der Waals surface area contributed by atoms with Crippen LogP contribution in [0.3, 0.4) is 0 Å². The maximum atomic E-state index is 5.64. The van der Waals surface area contributed by atoms with E-state index < -0.39 is 0 Å². The number of anilines is 1. The summed E-state index contributed by atoms with van der Waals surface area (Å²) in [6.07, 6.45) is 4.16. The highest BCUT2D eigenvalue weighted by atomic mass is 14.8. The standard InChI is InChI=1S/C8H6N3/c9-6-2-1-3-7-8(6)11-5-4-10-7/h1-3,5H,9H2. The second kappa shape index (κ2) is 2.20. The number of fused-ring (bicyclic) bond motifs is 1. The highest BCUT2D eigenvalue weighted by Gasteiger charge is 1.96. The molecule has 0 amide bonds. The van der Waals surface area contributed by atoms with Crippen LogP contribution in [-0.2, 0) is 0 Å². The first kappa shape index (κ1) is 6.09. The first-order valence-electron chi connectivity index (χ1n) is 3.25.